The van der Waals surface area contributed by atoms with Gasteiger partial charge in [0.1, 0.15) is 0 Å². The van der Waals surface area contributed by atoms with Crippen LogP contribution in [-0.2, 0) is 13.1 Å². The van der Waals surface area contributed by atoms with E-state index in [2.05, 4.69) is 42.3 Å². The minimum atomic E-state index is -0.659. The van der Waals surface area contributed by atoms with Crippen LogP contribution in [0.4, 0.5) is 0 Å². The number of aliphatic hydroxyl groups excluding tert-OH is 2. The molecule has 2 aromatic carbocycles. The van der Waals surface area contributed by atoms with Crippen molar-refractivity contribution in [2.24, 2.45) is 0 Å². The molecule has 0 atom stereocenters. The Bertz CT molecular complexity index is 638. The first-order valence-corrected chi connectivity index (χ1v) is 9.00. The highest BCUT2D eigenvalue weighted by Crippen LogP contribution is 2.25. The average molecular weight is 351 g/mol. The molecule has 0 amide bonds. The van der Waals surface area contributed by atoms with Crippen molar-refractivity contribution in [3.63, 3.8) is 0 Å². The number of rotatable bonds is 10. The molecule has 26 heavy (non-hydrogen) atoms. The van der Waals surface area contributed by atoms with E-state index in [1.54, 1.807) is 0 Å². The van der Waals surface area contributed by atoms with Crippen LogP contribution in [0, 0.1) is 0 Å². The van der Waals surface area contributed by atoms with Gasteiger partial charge in [0.25, 0.3) is 0 Å². The lowest BCUT2D eigenvalue weighted by Gasteiger charge is -2.41. The molecule has 0 bridgehead atoms. The second kappa shape index (κ2) is 9.48. The number of hydrogen-bond acceptors (Lipinski definition) is 3. The van der Waals surface area contributed by atoms with Crippen LogP contribution < -0.4 is 0 Å². The standard InChI is InChI=1S/C23H29NO2/c1-4-19-7-11-21(12-8-19)15-24(23(6-3,17-25)18-26)16-22-13-9-20(5-2)10-14-22/h4-5,7-14,25-26H,1-2,6,15-18H2,3H3. The SMILES string of the molecule is C=Cc1ccc(CN(Cc2ccc(C=C)cc2)C(CC)(CO)CO)cc1. The Balaban J connectivity index is 2.29. The zero-order valence-electron chi connectivity index (χ0n) is 15.6. The Hall–Kier alpha value is -2.20. The van der Waals surface area contributed by atoms with Gasteiger partial charge in [-0.3, -0.25) is 4.90 Å². The fourth-order valence-corrected chi connectivity index (χ4v) is 3.05. The van der Waals surface area contributed by atoms with Gasteiger partial charge in [-0.25, -0.2) is 0 Å². The molecule has 0 spiro atoms. The first-order valence-electron chi connectivity index (χ1n) is 9.00. The van der Waals surface area contributed by atoms with E-state index in [1.807, 2.05) is 43.3 Å². The van der Waals surface area contributed by atoms with Crippen molar-refractivity contribution in [2.45, 2.75) is 32.0 Å². The first kappa shape index (κ1) is 20.1. The Morgan fingerprint density at radius 1 is 0.808 bits per heavy atom. The zero-order valence-corrected chi connectivity index (χ0v) is 15.6. The number of aliphatic hydroxyl groups is 2. The molecule has 0 aliphatic carbocycles. The topological polar surface area (TPSA) is 43.7 Å². The van der Waals surface area contributed by atoms with Crippen LogP contribution >= 0.6 is 0 Å². The third-order valence-electron chi connectivity index (χ3n) is 5.10. The van der Waals surface area contributed by atoms with E-state index >= 15 is 0 Å². The summed E-state index contributed by atoms with van der Waals surface area (Å²) in [6.45, 7) is 10.7. The summed E-state index contributed by atoms with van der Waals surface area (Å²) < 4.78 is 0. The van der Waals surface area contributed by atoms with E-state index in [0.29, 0.717) is 19.5 Å². The molecule has 0 fully saturated rings. The van der Waals surface area contributed by atoms with Gasteiger partial charge in [-0.15, -0.1) is 0 Å². The Morgan fingerprint density at radius 3 is 1.46 bits per heavy atom. The summed E-state index contributed by atoms with van der Waals surface area (Å²) in [5.41, 5.74) is 3.77. The minimum absolute atomic E-state index is 0.0878. The van der Waals surface area contributed by atoms with E-state index in [4.69, 9.17) is 0 Å². The molecule has 2 N–H and O–H groups in total. The summed E-state index contributed by atoms with van der Waals surface area (Å²) in [6.07, 6.45) is 4.30. The highest BCUT2D eigenvalue weighted by atomic mass is 16.3. The molecule has 0 unspecified atom stereocenters. The van der Waals surface area contributed by atoms with Gasteiger partial charge in [0.2, 0.25) is 0 Å². The Labute approximate surface area is 156 Å². The summed E-state index contributed by atoms with van der Waals surface area (Å²) in [6, 6.07) is 16.4. The van der Waals surface area contributed by atoms with Gasteiger partial charge in [0.15, 0.2) is 0 Å². The second-order valence-electron chi connectivity index (χ2n) is 6.64. The lowest BCUT2D eigenvalue weighted by Crippen LogP contribution is -2.53. The van der Waals surface area contributed by atoms with Crippen molar-refractivity contribution in [2.75, 3.05) is 13.2 Å². The number of hydrogen-bond donors (Lipinski definition) is 2. The molecule has 0 heterocycles. The van der Waals surface area contributed by atoms with Gasteiger partial charge in [0.05, 0.1) is 18.8 Å². The van der Waals surface area contributed by atoms with Crippen LogP contribution in [0.15, 0.2) is 61.7 Å². The fraction of sp³-hybridized carbons (Fsp3) is 0.304. The van der Waals surface area contributed by atoms with E-state index in [-0.39, 0.29) is 13.2 Å². The van der Waals surface area contributed by atoms with Crippen LogP contribution in [0.1, 0.15) is 35.6 Å². The van der Waals surface area contributed by atoms with E-state index in [0.717, 1.165) is 22.3 Å². The zero-order chi connectivity index (χ0) is 19.0. The predicted molar refractivity (Wildman–Crippen MR) is 110 cm³/mol. The van der Waals surface area contributed by atoms with Gasteiger partial charge in [-0.2, -0.15) is 0 Å². The fourth-order valence-electron chi connectivity index (χ4n) is 3.05. The molecule has 3 nitrogen and oxygen atoms in total. The largest absolute Gasteiger partial charge is 0.394 e. The number of benzene rings is 2. The summed E-state index contributed by atoms with van der Waals surface area (Å²) in [4.78, 5) is 2.17. The van der Waals surface area contributed by atoms with Crippen LogP contribution in [0.3, 0.4) is 0 Å². The van der Waals surface area contributed by atoms with Crippen LogP contribution in [-0.4, -0.2) is 33.9 Å². The molecule has 0 radical (unpaired) electrons. The molecular weight excluding hydrogens is 322 g/mol. The highest BCUT2D eigenvalue weighted by Gasteiger charge is 2.34. The van der Waals surface area contributed by atoms with Crippen molar-refractivity contribution < 1.29 is 10.2 Å². The molecular formula is C23H29NO2. The van der Waals surface area contributed by atoms with Crippen molar-refractivity contribution in [3.05, 3.63) is 83.9 Å². The molecule has 0 aliphatic heterocycles. The Morgan fingerprint density at radius 2 is 1.19 bits per heavy atom. The number of nitrogens with zero attached hydrogens (tertiary/aromatic N) is 1. The third kappa shape index (κ3) is 4.70. The lowest BCUT2D eigenvalue weighted by atomic mass is 9.93. The van der Waals surface area contributed by atoms with E-state index in [9.17, 15) is 10.2 Å². The maximum absolute atomic E-state index is 10.0. The van der Waals surface area contributed by atoms with Gasteiger partial charge in [-0.05, 0) is 28.7 Å². The normalized spacial score (nSPS) is 11.5. The maximum Gasteiger partial charge on any atom is 0.0676 e. The van der Waals surface area contributed by atoms with Gasteiger partial charge in [-0.1, -0.05) is 80.8 Å². The molecule has 3 heteroatoms. The molecule has 2 aromatic rings. The average Bonchev–Trinajstić information content (AvgIpc) is 2.71. The third-order valence-corrected chi connectivity index (χ3v) is 5.10. The lowest BCUT2D eigenvalue weighted by molar-refractivity contribution is -0.0268. The molecule has 0 aliphatic rings. The maximum atomic E-state index is 10.0. The highest BCUT2D eigenvalue weighted by molar-refractivity contribution is 5.48. The van der Waals surface area contributed by atoms with E-state index < -0.39 is 5.54 Å². The predicted octanol–water partition coefficient (Wildman–Crippen LogP) is 4.11. The van der Waals surface area contributed by atoms with E-state index in [1.165, 1.54) is 0 Å². The summed E-state index contributed by atoms with van der Waals surface area (Å²) in [7, 11) is 0. The van der Waals surface area contributed by atoms with Crippen LogP contribution in [0.5, 0.6) is 0 Å². The molecule has 0 saturated carbocycles. The smallest absolute Gasteiger partial charge is 0.0676 e. The quantitative estimate of drug-likeness (QED) is 0.677. The van der Waals surface area contributed by atoms with Crippen molar-refractivity contribution in [3.8, 4) is 0 Å². The van der Waals surface area contributed by atoms with Gasteiger partial charge in [0, 0.05) is 13.1 Å². The molecule has 138 valence electrons. The van der Waals surface area contributed by atoms with Crippen molar-refractivity contribution in [1.29, 1.82) is 0 Å². The van der Waals surface area contributed by atoms with Crippen LogP contribution in [0.2, 0.25) is 0 Å². The van der Waals surface area contributed by atoms with Gasteiger partial charge >= 0.3 is 0 Å². The molecule has 2 rings (SSSR count). The molecule has 0 saturated heterocycles. The summed E-state index contributed by atoms with van der Waals surface area (Å²) in [5, 5.41) is 20.1. The summed E-state index contributed by atoms with van der Waals surface area (Å²) >= 11 is 0. The Kier molecular flexibility index (Phi) is 7.34. The second-order valence-corrected chi connectivity index (χ2v) is 6.64. The van der Waals surface area contributed by atoms with Crippen molar-refractivity contribution in [1.82, 2.24) is 4.90 Å². The van der Waals surface area contributed by atoms with Gasteiger partial charge < -0.3 is 10.2 Å². The van der Waals surface area contributed by atoms with Crippen molar-refractivity contribution >= 4 is 12.2 Å². The monoisotopic (exact) mass is 351 g/mol. The van der Waals surface area contributed by atoms with Crippen LogP contribution in [0.25, 0.3) is 12.2 Å². The minimum Gasteiger partial charge on any atom is -0.394 e. The summed E-state index contributed by atoms with van der Waals surface area (Å²) in [5.74, 6) is 0. The molecule has 0 aromatic heterocycles. The first-order chi connectivity index (χ1) is 12.6.